The van der Waals surface area contributed by atoms with E-state index in [0.29, 0.717) is 6.61 Å². The summed E-state index contributed by atoms with van der Waals surface area (Å²) in [6.07, 6.45) is 4.10. The average molecular weight is 470 g/mol. The Bertz CT molecular complexity index is 278. The first-order chi connectivity index (χ1) is 4.97. The van der Waals surface area contributed by atoms with E-state index in [1.165, 1.54) is 5.56 Å². The quantitative estimate of drug-likeness (QED) is 0.518. The SMILES string of the molecule is C1=Cc2ccccc2OC1.[Cu].[PbH2].[Zn]. The van der Waals surface area contributed by atoms with Crippen LogP contribution >= 0.6 is 0 Å². The molecule has 3 radical (unpaired) electrons. The van der Waals surface area contributed by atoms with E-state index < -0.39 is 0 Å². The first-order valence-electron chi connectivity index (χ1n) is 3.35. The van der Waals surface area contributed by atoms with Crippen LogP contribution in [0.4, 0.5) is 0 Å². The maximum Gasteiger partial charge on any atom is 0 e. The second-order valence-corrected chi connectivity index (χ2v) is 2.25. The molecule has 0 saturated heterocycles. The van der Waals surface area contributed by atoms with Gasteiger partial charge >= 0.3 is 27.3 Å². The van der Waals surface area contributed by atoms with E-state index in [4.69, 9.17) is 4.74 Å². The molecule has 1 aromatic rings. The molecule has 1 nitrogen and oxygen atoms in total. The smallest absolute Gasteiger partial charge is 0 e. The summed E-state index contributed by atoms with van der Waals surface area (Å²) in [6, 6.07) is 8.03. The fourth-order valence-electron chi connectivity index (χ4n) is 1.06. The second-order valence-electron chi connectivity index (χ2n) is 2.25. The molecule has 0 N–H and O–H groups in total. The van der Waals surface area contributed by atoms with Crippen LogP contribution in [0.25, 0.3) is 6.08 Å². The van der Waals surface area contributed by atoms with Crippen LogP contribution in [-0.4, -0.2) is 33.9 Å². The number of ether oxygens (including phenoxy) is 1. The summed E-state index contributed by atoms with van der Waals surface area (Å²) in [4.78, 5) is 0. The monoisotopic (exact) mass is 469 g/mol. The molecule has 1 heterocycles. The van der Waals surface area contributed by atoms with Crippen molar-refractivity contribution in [2.24, 2.45) is 0 Å². The Labute approximate surface area is 122 Å². The van der Waals surface area contributed by atoms with Gasteiger partial charge in [-0.1, -0.05) is 24.3 Å². The summed E-state index contributed by atoms with van der Waals surface area (Å²) in [5.41, 5.74) is 1.17. The third-order valence-electron chi connectivity index (χ3n) is 1.55. The molecule has 0 spiro atoms. The van der Waals surface area contributed by atoms with Crippen molar-refractivity contribution in [3.8, 4) is 5.75 Å². The fraction of sp³-hybridized carbons (Fsp3) is 0.111. The van der Waals surface area contributed by atoms with Gasteiger partial charge in [-0.05, 0) is 12.1 Å². The van der Waals surface area contributed by atoms with Gasteiger partial charge < -0.3 is 4.74 Å². The zero-order valence-electron chi connectivity index (χ0n) is 7.30. The molecule has 0 fully saturated rings. The van der Waals surface area contributed by atoms with Crippen molar-refractivity contribution in [2.75, 3.05) is 6.61 Å². The van der Waals surface area contributed by atoms with Crippen molar-refractivity contribution in [1.29, 1.82) is 0 Å². The van der Waals surface area contributed by atoms with Gasteiger partial charge in [-0.3, -0.25) is 0 Å². The van der Waals surface area contributed by atoms with Crippen LogP contribution in [0.5, 0.6) is 5.75 Å². The third kappa shape index (κ3) is 4.24. The third-order valence-corrected chi connectivity index (χ3v) is 1.55. The summed E-state index contributed by atoms with van der Waals surface area (Å²) in [7, 11) is 0. The standard InChI is InChI=1S/C9H8O.Cu.Pb.Zn.2H/c1-2-6-9-8(4-1)5-3-7-10-9;;;;;/h1-6H,7H2;;;;;. The van der Waals surface area contributed by atoms with E-state index in [0.717, 1.165) is 5.75 Å². The topological polar surface area (TPSA) is 9.23 Å². The summed E-state index contributed by atoms with van der Waals surface area (Å²) < 4.78 is 5.34. The molecule has 0 bridgehead atoms. The Balaban J connectivity index is 0. The molecule has 0 aromatic heterocycles. The molecular formula is C9H10CuOPbZn. The maximum absolute atomic E-state index is 5.34. The Hall–Kier alpha value is 0.825. The van der Waals surface area contributed by atoms with Gasteiger partial charge in [0.1, 0.15) is 12.4 Å². The molecule has 0 aliphatic carbocycles. The fourth-order valence-corrected chi connectivity index (χ4v) is 1.06. The number of benzene rings is 1. The van der Waals surface area contributed by atoms with Crippen LogP contribution < -0.4 is 4.74 Å². The van der Waals surface area contributed by atoms with Gasteiger partial charge in [0.05, 0.1) is 0 Å². The van der Waals surface area contributed by atoms with Gasteiger partial charge in [-0.25, -0.2) is 0 Å². The average Bonchev–Trinajstić information content (AvgIpc) is 2.05. The number of para-hydroxylation sites is 1. The molecule has 1 aromatic carbocycles. The maximum atomic E-state index is 5.34. The minimum absolute atomic E-state index is 0. The van der Waals surface area contributed by atoms with Crippen LogP contribution in [0.3, 0.4) is 0 Å². The Morgan fingerprint density at radius 2 is 1.85 bits per heavy atom. The molecule has 2 rings (SSSR count). The molecule has 0 atom stereocenters. The summed E-state index contributed by atoms with van der Waals surface area (Å²) >= 11 is 0. The van der Waals surface area contributed by atoms with Crippen LogP contribution in [0.15, 0.2) is 30.3 Å². The zero-order valence-corrected chi connectivity index (χ0v) is 16.7. The number of fused-ring (bicyclic) bond motifs is 1. The second kappa shape index (κ2) is 8.16. The largest absolute Gasteiger partial charge is 0 e. The Morgan fingerprint density at radius 3 is 2.54 bits per heavy atom. The van der Waals surface area contributed by atoms with Gasteiger partial charge in [0.25, 0.3) is 0 Å². The molecule has 1 aliphatic rings. The number of hydrogen-bond acceptors (Lipinski definition) is 1. The predicted octanol–water partition coefficient (Wildman–Crippen LogP) is 1.17. The number of hydrogen-bond donors (Lipinski definition) is 0. The van der Waals surface area contributed by atoms with Crippen LogP contribution in [0.1, 0.15) is 5.56 Å². The van der Waals surface area contributed by atoms with Gasteiger partial charge in [-0.15, -0.1) is 0 Å². The van der Waals surface area contributed by atoms with Crippen LogP contribution in [0.2, 0.25) is 0 Å². The molecule has 0 saturated carbocycles. The van der Waals surface area contributed by atoms with E-state index in [1.54, 1.807) is 0 Å². The van der Waals surface area contributed by atoms with E-state index in [2.05, 4.69) is 6.08 Å². The van der Waals surface area contributed by atoms with Gasteiger partial charge in [0, 0.05) is 42.1 Å². The normalized spacial score (nSPS) is 10.8. The molecule has 69 valence electrons. The molecule has 1 aliphatic heterocycles. The van der Waals surface area contributed by atoms with Crippen molar-refractivity contribution in [3.63, 3.8) is 0 Å². The first-order valence-corrected chi connectivity index (χ1v) is 3.35. The van der Waals surface area contributed by atoms with E-state index in [-0.39, 0.29) is 63.8 Å². The van der Waals surface area contributed by atoms with E-state index in [9.17, 15) is 0 Å². The predicted molar refractivity (Wildman–Crippen MR) is 49.5 cm³/mol. The van der Waals surface area contributed by atoms with Gasteiger partial charge in [0.15, 0.2) is 0 Å². The van der Waals surface area contributed by atoms with Crippen molar-refractivity contribution < 1.29 is 41.3 Å². The van der Waals surface area contributed by atoms with Crippen molar-refractivity contribution >= 4 is 33.4 Å². The van der Waals surface area contributed by atoms with Gasteiger partial charge in [0.2, 0.25) is 0 Å². The minimum atomic E-state index is 0. The molecular weight excluding hydrogens is 460 g/mol. The van der Waals surface area contributed by atoms with Crippen molar-refractivity contribution in [1.82, 2.24) is 0 Å². The number of rotatable bonds is 0. The van der Waals surface area contributed by atoms with Crippen LogP contribution in [0, 0.1) is 0 Å². The molecule has 4 heteroatoms. The Morgan fingerprint density at radius 1 is 1.15 bits per heavy atom. The molecule has 0 amide bonds. The van der Waals surface area contributed by atoms with Crippen LogP contribution in [-0.2, 0) is 36.5 Å². The molecule has 13 heavy (non-hydrogen) atoms. The molecule has 0 unspecified atom stereocenters. The summed E-state index contributed by atoms with van der Waals surface area (Å²) in [6.45, 7) is 0.705. The Kier molecular flexibility index (Phi) is 10.2. The first kappa shape index (κ1) is 16.3. The van der Waals surface area contributed by atoms with E-state index in [1.807, 2.05) is 30.3 Å². The summed E-state index contributed by atoms with van der Waals surface area (Å²) in [5.74, 6) is 0.991. The minimum Gasteiger partial charge on any atom is 0 e. The summed E-state index contributed by atoms with van der Waals surface area (Å²) in [5, 5.41) is 0. The van der Waals surface area contributed by atoms with Gasteiger partial charge in [-0.2, -0.15) is 0 Å². The van der Waals surface area contributed by atoms with Crippen molar-refractivity contribution in [2.45, 2.75) is 0 Å². The van der Waals surface area contributed by atoms with Crippen molar-refractivity contribution in [3.05, 3.63) is 35.9 Å². The van der Waals surface area contributed by atoms with E-state index >= 15 is 0 Å². The zero-order chi connectivity index (χ0) is 6.81.